The minimum absolute atomic E-state index is 0.00325. The smallest absolute Gasteiger partial charge is 0.261 e. The molecule has 0 aliphatic rings. The largest absolute Gasteiger partial charge is 0.347 e. The lowest BCUT2D eigenvalue weighted by Crippen LogP contribution is -2.30. The molecule has 0 aliphatic carbocycles. The van der Waals surface area contributed by atoms with Gasteiger partial charge in [0, 0.05) is 35.3 Å². The molecule has 1 aromatic heterocycles. The van der Waals surface area contributed by atoms with Crippen molar-refractivity contribution >= 4 is 33.2 Å². The lowest BCUT2D eigenvalue weighted by atomic mass is 10.1. The molecule has 4 nitrogen and oxygen atoms in total. The molecule has 0 atom stereocenters. The summed E-state index contributed by atoms with van der Waals surface area (Å²) in [5.74, 6) is -0.524. The second-order valence-electron chi connectivity index (χ2n) is 6.53. The highest BCUT2D eigenvalue weighted by atomic mass is 32.1. The van der Waals surface area contributed by atoms with Crippen molar-refractivity contribution in [3.8, 4) is 0 Å². The van der Waals surface area contributed by atoms with E-state index in [1.807, 2.05) is 32.0 Å². The standard InChI is InChI=1S/C22H23FN2O2S/c1-4-25(5-2)22(27)16-11-9-15(10-12-16)13-24-21(26)20-14(3)19-17(23)7-6-8-18(19)28-20/h6-12H,4-5,13H2,1-3H3,(H,24,26). The van der Waals surface area contributed by atoms with Crippen molar-refractivity contribution < 1.29 is 14.0 Å². The third kappa shape index (κ3) is 3.92. The van der Waals surface area contributed by atoms with Crippen LogP contribution in [-0.2, 0) is 6.54 Å². The average Bonchev–Trinajstić information content (AvgIpc) is 3.05. The molecule has 0 aliphatic heterocycles. The number of aryl methyl sites for hydroxylation is 1. The number of hydrogen-bond donors (Lipinski definition) is 1. The summed E-state index contributed by atoms with van der Waals surface area (Å²) in [6.07, 6.45) is 0. The molecule has 0 saturated heterocycles. The lowest BCUT2D eigenvalue weighted by Gasteiger charge is -2.18. The number of nitrogens with one attached hydrogen (secondary N) is 1. The van der Waals surface area contributed by atoms with Gasteiger partial charge < -0.3 is 10.2 Å². The van der Waals surface area contributed by atoms with Gasteiger partial charge in [0.25, 0.3) is 11.8 Å². The number of nitrogens with zero attached hydrogens (tertiary/aromatic N) is 1. The predicted molar refractivity (Wildman–Crippen MR) is 111 cm³/mol. The number of benzene rings is 2. The highest BCUT2D eigenvalue weighted by Gasteiger charge is 2.17. The highest BCUT2D eigenvalue weighted by molar-refractivity contribution is 7.21. The SMILES string of the molecule is CCN(CC)C(=O)c1ccc(CNC(=O)c2sc3cccc(F)c3c2C)cc1. The topological polar surface area (TPSA) is 49.4 Å². The Bertz CT molecular complexity index is 1010. The zero-order valence-electron chi connectivity index (χ0n) is 16.2. The fourth-order valence-corrected chi connectivity index (χ4v) is 4.33. The van der Waals surface area contributed by atoms with Crippen molar-refractivity contribution in [2.24, 2.45) is 0 Å². The van der Waals surface area contributed by atoms with Crippen LogP contribution >= 0.6 is 11.3 Å². The zero-order chi connectivity index (χ0) is 20.3. The summed E-state index contributed by atoms with van der Waals surface area (Å²) >= 11 is 1.29. The van der Waals surface area contributed by atoms with Crippen LogP contribution in [0.5, 0.6) is 0 Å². The van der Waals surface area contributed by atoms with E-state index in [9.17, 15) is 14.0 Å². The molecule has 1 heterocycles. The Kier molecular flexibility index (Phi) is 6.09. The average molecular weight is 399 g/mol. The molecule has 2 aromatic carbocycles. The number of rotatable bonds is 6. The van der Waals surface area contributed by atoms with Crippen LogP contribution in [0.4, 0.5) is 4.39 Å². The summed E-state index contributed by atoms with van der Waals surface area (Å²) < 4.78 is 14.8. The molecule has 2 amide bonds. The highest BCUT2D eigenvalue weighted by Crippen LogP contribution is 2.32. The fourth-order valence-electron chi connectivity index (χ4n) is 3.19. The van der Waals surface area contributed by atoms with E-state index in [-0.39, 0.29) is 17.6 Å². The Morgan fingerprint density at radius 3 is 2.36 bits per heavy atom. The monoisotopic (exact) mass is 398 g/mol. The summed E-state index contributed by atoms with van der Waals surface area (Å²) in [4.78, 5) is 27.2. The second kappa shape index (κ2) is 8.52. The van der Waals surface area contributed by atoms with Gasteiger partial charge in [-0.2, -0.15) is 0 Å². The van der Waals surface area contributed by atoms with Crippen LogP contribution in [0, 0.1) is 12.7 Å². The van der Waals surface area contributed by atoms with Crippen LogP contribution < -0.4 is 5.32 Å². The summed E-state index contributed by atoms with van der Waals surface area (Å²) in [6.45, 7) is 7.35. The third-order valence-electron chi connectivity index (χ3n) is 4.81. The van der Waals surface area contributed by atoms with Gasteiger partial charge in [-0.1, -0.05) is 18.2 Å². The fraction of sp³-hybridized carbons (Fsp3) is 0.273. The van der Waals surface area contributed by atoms with Crippen molar-refractivity contribution in [2.75, 3.05) is 13.1 Å². The Morgan fingerprint density at radius 2 is 1.75 bits per heavy atom. The molecule has 0 saturated carbocycles. The van der Waals surface area contributed by atoms with Crippen LogP contribution in [0.3, 0.4) is 0 Å². The molecule has 6 heteroatoms. The first kappa shape index (κ1) is 20.0. The van der Waals surface area contributed by atoms with E-state index in [0.717, 1.165) is 10.3 Å². The lowest BCUT2D eigenvalue weighted by molar-refractivity contribution is 0.0772. The van der Waals surface area contributed by atoms with Crippen molar-refractivity contribution in [1.82, 2.24) is 10.2 Å². The molecule has 0 unspecified atom stereocenters. The molecule has 0 fully saturated rings. The maximum absolute atomic E-state index is 14.0. The number of amides is 2. The first-order valence-corrected chi connectivity index (χ1v) is 10.1. The van der Waals surface area contributed by atoms with Gasteiger partial charge in [0.05, 0.1) is 4.88 Å². The van der Waals surface area contributed by atoms with E-state index in [1.54, 1.807) is 30.0 Å². The molecule has 0 bridgehead atoms. The summed E-state index contributed by atoms with van der Waals surface area (Å²) in [5.41, 5.74) is 2.19. The summed E-state index contributed by atoms with van der Waals surface area (Å²) in [6, 6.07) is 12.1. The van der Waals surface area contributed by atoms with Crippen LogP contribution in [-0.4, -0.2) is 29.8 Å². The molecule has 146 valence electrons. The van der Waals surface area contributed by atoms with Gasteiger partial charge in [0.2, 0.25) is 0 Å². The van der Waals surface area contributed by atoms with Gasteiger partial charge >= 0.3 is 0 Å². The maximum Gasteiger partial charge on any atom is 0.261 e. The van der Waals surface area contributed by atoms with Gasteiger partial charge in [-0.25, -0.2) is 4.39 Å². The van der Waals surface area contributed by atoms with Crippen molar-refractivity contribution in [3.05, 3.63) is 69.8 Å². The molecule has 0 spiro atoms. The molecule has 3 aromatic rings. The Balaban J connectivity index is 1.69. The first-order chi connectivity index (χ1) is 13.5. The summed E-state index contributed by atoms with van der Waals surface area (Å²) in [5, 5.41) is 3.40. The van der Waals surface area contributed by atoms with E-state index in [2.05, 4.69) is 5.32 Å². The van der Waals surface area contributed by atoms with E-state index < -0.39 is 0 Å². The van der Waals surface area contributed by atoms with Gasteiger partial charge in [0.1, 0.15) is 5.82 Å². The Hall–Kier alpha value is -2.73. The quantitative estimate of drug-likeness (QED) is 0.651. The van der Waals surface area contributed by atoms with E-state index in [0.29, 0.717) is 41.0 Å². The number of carbonyl (C=O) groups is 2. The molecular formula is C22H23FN2O2S. The van der Waals surface area contributed by atoms with Crippen LogP contribution in [0.25, 0.3) is 10.1 Å². The second-order valence-corrected chi connectivity index (χ2v) is 7.58. The summed E-state index contributed by atoms with van der Waals surface area (Å²) in [7, 11) is 0. The van der Waals surface area contributed by atoms with Crippen molar-refractivity contribution in [3.63, 3.8) is 0 Å². The van der Waals surface area contributed by atoms with Gasteiger partial charge in [-0.15, -0.1) is 11.3 Å². The molecule has 28 heavy (non-hydrogen) atoms. The minimum Gasteiger partial charge on any atom is -0.347 e. The van der Waals surface area contributed by atoms with Crippen LogP contribution in [0.2, 0.25) is 0 Å². The number of thiophene rings is 1. The predicted octanol–water partition coefficient (Wildman–Crippen LogP) is 4.76. The number of hydrogen-bond acceptors (Lipinski definition) is 3. The van der Waals surface area contributed by atoms with Gasteiger partial charge in [-0.3, -0.25) is 9.59 Å². The van der Waals surface area contributed by atoms with Crippen molar-refractivity contribution in [2.45, 2.75) is 27.3 Å². The Morgan fingerprint density at radius 1 is 1.07 bits per heavy atom. The number of fused-ring (bicyclic) bond motifs is 1. The van der Waals surface area contributed by atoms with Crippen molar-refractivity contribution in [1.29, 1.82) is 0 Å². The Labute approximate surface area is 168 Å². The number of halogens is 1. The van der Waals surface area contributed by atoms with E-state index in [4.69, 9.17) is 0 Å². The van der Waals surface area contributed by atoms with E-state index >= 15 is 0 Å². The zero-order valence-corrected chi connectivity index (χ0v) is 17.0. The molecule has 3 rings (SSSR count). The minimum atomic E-state index is -0.307. The first-order valence-electron chi connectivity index (χ1n) is 9.30. The van der Waals surface area contributed by atoms with Gasteiger partial charge in [-0.05, 0) is 56.2 Å². The normalized spacial score (nSPS) is 10.9. The molecular weight excluding hydrogens is 375 g/mol. The van der Waals surface area contributed by atoms with Crippen LogP contribution in [0.1, 0.15) is 45.0 Å². The number of carbonyl (C=O) groups excluding carboxylic acids is 2. The van der Waals surface area contributed by atoms with Gasteiger partial charge in [0.15, 0.2) is 0 Å². The molecule has 0 radical (unpaired) electrons. The van der Waals surface area contributed by atoms with Crippen LogP contribution in [0.15, 0.2) is 42.5 Å². The molecule has 1 N–H and O–H groups in total. The van der Waals surface area contributed by atoms with E-state index in [1.165, 1.54) is 17.4 Å². The third-order valence-corrected chi connectivity index (χ3v) is 6.07. The maximum atomic E-state index is 14.0.